The van der Waals surface area contributed by atoms with Gasteiger partial charge in [-0.3, -0.25) is 4.79 Å². The average Bonchev–Trinajstić information content (AvgIpc) is 2.36. The molecular formula is C16H27NO2. The molecule has 2 unspecified atom stereocenters. The predicted molar refractivity (Wildman–Crippen MR) is 74.7 cm³/mol. The maximum Gasteiger partial charge on any atom is 0.322 e. The molecule has 0 aromatic heterocycles. The lowest BCUT2D eigenvalue weighted by atomic mass is 9.48. The van der Waals surface area contributed by atoms with Gasteiger partial charge < -0.3 is 10.1 Å². The molecule has 0 radical (unpaired) electrons. The van der Waals surface area contributed by atoms with Gasteiger partial charge in [-0.15, -0.1) is 0 Å². The van der Waals surface area contributed by atoms with E-state index in [2.05, 4.69) is 12.2 Å². The molecule has 0 heterocycles. The minimum absolute atomic E-state index is 0.142. The van der Waals surface area contributed by atoms with Crippen molar-refractivity contribution in [3.63, 3.8) is 0 Å². The van der Waals surface area contributed by atoms with Crippen LogP contribution in [0.5, 0.6) is 0 Å². The van der Waals surface area contributed by atoms with Crippen LogP contribution in [0.1, 0.15) is 52.4 Å². The third-order valence-electron chi connectivity index (χ3n) is 6.06. The third kappa shape index (κ3) is 2.31. The van der Waals surface area contributed by atoms with Crippen LogP contribution in [-0.4, -0.2) is 25.2 Å². The normalized spacial score (nSPS) is 43.0. The van der Waals surface area contributed by atoms with E-state index < -0.39 is 0 Å². The third-order valence-corrected chi connectivity index (χ3v) is 6.06. The van der Waals surface area contributed by atoms with Crippen LogP contribution in [0.15, 0.2) is 0 Å². The van der Waals surface area contributed by atoms with Crippen molar-refractivity contribution in [1.29, 1.82) is 0 Å². The van der Waals surface area contributed by atoms with Crippen LogP contribution in [0.2, 0.25) is 0 Å². The van der Waals surface area contributed by atoms with E-state index >= 15 is 0 Å². The Hall–Kier alpha value is -0.570. The van der Waals surface area contributed by atoms with Gasteiger partial charge in [0.2, 0.25) is 0 Å². The second-order valence-electron chi connectivity index (χ2n) is 7.41. The second-order valence-corrected chi connectivity index (χ2v) is 7.41. The van der Waals surface area contributed by atoms with Crippen LogP contribution in [-0.2, 0) is 9.53 Å². The van der Waals surface area contributed by atoms with Crippen LogP contribution in [0.25, 0.3) is 0 Å². The fraction of sp³-hybridized carbons (Fsp3) is 0.938. The molecule has 0 aromatic carbocycles. The Morgan fingerprint density at radius 1 is 1.11 bits per heavy atom. The standard InChI is InChI=1S/C16H27NO2/c1-10(15(18)19-3)17-11(2)16-7-12-4-13(8-16)6-14(5-12)9-16/h10-14,17H,4-9H2,1-3H3. The van der Waals surface area contributed by atoms with Crippen molar-refractivity contribution in [2.45, 2.75) is 64.5 Å². The first-order valence-electron chi connectivity index (χ1n) is 7.86. The molecular weight excluding hydrogens is 238 g/mol. The lowest BCUT2D eigenvalue weighted by Gasteiger charge is -2.59. The van der Waals surface area contributed by atoms with E-state index in [0.717, 1.165) is 17.8 Å². The Bertz CT molecular complexity index is 330. The lowest BCUT2D eigenvalue weighted by Crippen LogP contribution is -2.57. The van der Waals surface area contributed by atoms with Crippen molar-refractivity contribution < 1.29 is 9.53 Å². The molecule has 0 aliphatic heterocycles. The van der Waals surface area contributed by atoms with Crippen molar-refractivity contribution >= 4 is 5.97 Å². The average molecular weight is 265 g/mol. The Kier molecular flexibility index (Phi) is 3.36. The highest BCUT2D eigenvalue weighted by atomic mass is 16.5. The lowest BCUT2D eigenvalue weighted by molar-refractivity contribution is -0.143. The van der Waals surface area contributed by atoms with Crippen LogP contribution in [0.3, 0.4) is 0 Å². The number of hydrogen-bond acceptors (Lipinski definition) is 3. The van der Waals surface area contributed by atoms with E-state index in [1.165, 1.54) is 45.6 Å². The highest BCUT2D eigenvalue weighted by molar-refractivity contribution is 5.75. The summed E-state index contributed by atoms with van der Waals surface area (Å²) in [5.41, 5.74) is 0.455. The molecule has 0 saturated heterocycles. The summed E-state index contributed by atoms with van der Waals surface area (Å²) in [6.07, 6.45) is 8.54. The summed E-state index contributed by atoms with van der Waals surface area (Å²) in [6, 6.07) is 0.239. The molecule has 3 nitrogen and oxygen atoms in total. The van der Waals surface area contributed by atoms with Gasteiger partial charge in [0, 0.05) is 6.04 Å². The van der Waals surface area contributed by atoms with Crippen molar-refractivity contribution in [3.8, 4) is 0 Å². The number of rotatable bonds is 4. The van der Waals surface area contributed by atoms with E-state index in [1.54, 1.807) is 0 Å². The van der Waals surface area contributed by atoms with E-state index in [0.29, 0.717) is 11.5 Å². The SMILES string of the molecule is COC(=O)C(C)NC(C)C12CC3CC(CC(C3)C1)C2. The van der Waals surface area contributed by atoms with Gasteiger partial charge >= 0.3 is 5.97 Å². The minimum Gasteiger partial charge on any atom is -0.468 e. The summed E-state index contributed by atoms with van der Waals surface area (Å²) in [5, 5.41) is 3.51. The highest BCUT2D eigenvalue weighted by Crippen LogP contribution is 2.61. The number of nitrogens with one attached hydrogen (secondary N) is 1. The summed E-state index contributed by atoms with van der Waals surface area (Å²) in [6.45, 7) is 4.20. The molecule has 4 saturated carbocycles. The molecule has 4 aliphatic carbocycles. The van der Waals surface area contributed by atoms with Gasteiger partial charge in [0.15, 0.2) is 0 Å². The first kappa shape index (κ1) is 13.4. The van der Waals surface area contributed by atoms with Gasteiger partial charge in [0.1, 0.15) is 6.04 Å². The Labute approximate surface area is 116 Å². The quantitative estimate of drug-likeness (QED) is 0.794. The van der Waals surface area contributed by atoms with E-state index in [4.69, 9.17) is 4.74 Å². The zero-order chi connectivity index (χ0) is 13.6. The summed E-state index contributed by atoms with van der Waals surface area (Å²) in [5.74, 6) is 2.74. The fourth-order valence-corrected chi connectivity index (χ4v) is 5.50. The maximum absolute atomic E-state index is 11.6. The first-order valence-corrected chi connectivity index (χ1v) is 7.86. The Balaban J connectivity index is 1.69. The van der Waals surface area contributed by atoms with Gasteiger partial charge in [-0.1, -0.05) is 0 Å². The monoisotopic (exact) mass is 265 g/mol. The van der Waals surface area contributed by atoms with Crippen LogP contribution in [0, 0.1) is 23.2 Å². The number of methoxy groups -OCH3 is 1. The van der Waals surface area contributed by atoms with Gasteiger partial charge in [0.25, 0.3) is 0 Å². The molecule has 4 fully saturated rings. The molecule has 2 atom stereocenters. The maximum atomic E-state index is 11.6. The van der Waals surface area contributed by atoms with Gasteiger partial charge in [-0.25, -0.2) is 0 Å². The number of esters is 1. The number of hydrogen-bond donors (Lipinski definition) is 1. The Morgan fingerprint density at radius 2 is 1.58 bits per heavy atom. The van der Waals surface area contributed by atoms with Crippen molar-refractivity contribution in [1.82, 2.24) is 5.32 Å². The Morgan fingerprint density at radius 3 is 2.00 bits per heavy atom. The molecule has 4 bridgehead atoms. The van der Waals surface area contributed by atoms with Gasteiger partial charge in [0.05, 0.1) is 7.11 Å². The first-order chi connectivity index (χ1) is 9.02. The number of carbonyl (C=O) groups excluding carboxylic acids is 1. The molecule has 0 amide bonds. The van der Waals surface area contributed by atoms with Gasteiger partial charge in [-0.2, -0.15) is 0 Å². The van der Waals surface area contributed by atoms with Crippen LogP contribution >= 0.6 is 0 Å². The van der Waals surface area contributed by atoms with E-state index in [1.807, 2.05) is 6.92 Å². The van der Waals surface area contributed by atoms with Crippen molar-refractivity contribution in [2.75, 3.05) is 7.11 Å². The van der Waals surface area contributed by atoms with E-state index in [-0.39, 0.29) is 12.0 Å². The van der Waals surface area contributed by atoms with Crippen molar-refractivity contribution in [3.05, 3.63) is 0 Å². The zero-order valence-corrected chi connectivity index (χ0v) is 12.4. The summed E-state index contributed by atoms with van der Waals surface area (Å²) in [4.78, 5) is 11.6. The molecule has 0 aromatic rings. The zero-order valence-electron chi connectivity index (χ0n) is 12.4. The second kappa shape index (κ2) is 4.76. The fourth-order valence-electron chi connectivity index (χ4n) is 5.50. The van der Waals surface area contributed by atoms with Crippen molar-refractivity contribution in [2.24, 2.45) is 23.2 Å². The van der Waals surface area contributed by atoms with Crippen LogP contribution < -0.4 is 5.32 Å². The van der Waals surface area contributed by atoms with Gasteiger partial charge in [-0.05, 0) is 75.5 Å². The molecule has 3 heteroatoms. The predicted octanol–water partition coefficient (Wildman–Crippen LogP) is 2.74. The summed E-state index contributed by atoms with van der Waals surface area (Å²) < 4.78 is 4.83. The topological polar surface area (TPSA) is 38.3 Å². The molecule has 19 heavy (non-hydrogen) atoms. The smallest absolute Gasteiger partial charge is 0.322 e. The number of carbonyl (C=O) groups is 1. The summed E-state index contributed by atoms with van der Waals surface area (Å²) in [7, 11) is 1.47. The molecule has 1 N–H and O–H groups in total. The molecule has 4 aliphatic rings. The minimum atomic E-state index is -0.187. The molecule has 108 valence electrons. The van der Waals surface area contributed by atoms with Crippen LogP contribution in [0.4, 0.5) is 0 Å². The molecule has 0 spiro atoms. The molecule has 4 rings (SSSR count). The number of ether oxygens (including phenoxy) is 1. The largest absolute Gasteiger partial charge is 0.468 e. The summed E-state index contributed by atoms with van der Waals surface area (Å²) >= 11 is 0. The highest BCUT2D eigenvalue weighted by Gasteiger charge is 2.53. The van der Waals surface area contributed by atoms with E-state index in [9.17, 15) is 4.79 Å².